The minimum absolute atomic E-state index is 0.134. The molecular formula is C25H19BrN6O. The summed E-state index contributed by atoms with van der Waals surface area (Å²) in [4.78, 5) is 26.1. The Morgan fingerprint density at radius 1 is 0.970 bits per heavy atom. The molecule has 162 valence electrons. The summed E-state index contributed by atoms with van der Waals surface area (Å²) in [6.07, 6.45) is 3.48. The first-order valence-electron chi connectivity index (χ1n) is 10.3. The van der Waals surface area contributed by atoms with Crippen LogP contribution in [0.4, 0.5) is 5.69 Å². The Morgan fingerprint density at radius 2 is 1.76 bits per heavy atom. The lowest BCUT2D eigenvalue weighted by Gasteiger charge is -2.08. The van der Waals surface area contributed by atoms with Crippen molar-refractivity contribution in [2.45, 2.75) is 13.3 Å². The van der Waals surface area contributed by atoms with Crippen molar-refractivity contribution in [3.8, 4) is 17.1 Å². The number of nitrogens with one attached hydrogen (secondary N) is 1. The average molecular weight is 499 g/mol. The van der Waals surface area contributed by atoms with Crippen LogP contribution < -0.4 is 5.32 Å². The first-order valence-corrected chi connectivity index (χ1v) is 11.1. The SMILES string of the molecule is Cc1cccc(-n2nc(CC(=O)Nc3ccc(Br)cc3)cc2-c2ccc3nccnc3c2)n1. The van der Waals surface area contributed by atoms with Gasteiger partial charge >= 0.3 is 0 Å². The number of amides is 1. The number of hydrogen-bond donors (Lipinski definition) is 1. The Bertz CT molecular complexity index is 1460. The van der Waals surface area contributed by atoms with Crippen LogP contribution in [0, 0.1) is 6.92 Å². The molecule has 1 N–H and O–H groups in total. The van der Waals surface area contributed by atoms with Crippen LogP contribution in [0.5, 0.6) is 0 Å². The average Bonchev–Trinajstić information content (AvgIpc) is 3.24. The van der Waals surface area contributed by atoms with Crippen LogP contribution in [0.25, 0.3) is 28.1 Å². The summed E-state index contributed by atoms with van der Waals surface area (Å²) < 4.78 is 2.72. The molecule has 0 spiro atoms. The number of halogens is 1. The van der Waals surface area contributed by atoms with Crippen LogP contribution in [-0.2, 0) is 11.2 Å². The normalized spacial score (nSPS) is 11.0. The maximum Gasteiger partial charge on any atom is 0.230 e. The molecule has 5 aromatic rings. The number of anilines is 1. The van der Waals surface area contributed by atoms with Gasteiger partial charge in [0.1, 0.15) is 0 Å². The van der Waals surface area contributed by atoms with Crippen LogP contribution in [0.3, 0.4) is 0 Å². The van der Waals surface area contributed by atoms with Crippen molar-refractivity contribution in [2.75, 3.05) is 5.32 Å². The van der Waals surface area contributed by atoms with E-state index < -0.39 is 0 Å². The number of fused-ring (bicyclic) bond motifs is 1. The third-order valence-corrected chi connectivity index (χ3v) is 5.61. The maximum absolute atomic E-state index is 12.7. The molecular weight excluding hydrogens is 480 g/mol. The Morgan fingerprint density at radius 3 is 2.55 bits per heavy atom. The third-order valence-electron chi connectivity index (χ3n) is 5.09. The van der Waals surface area contributed by atoms with Gasteiger partial charge in [0.05, 0.1) is 28.8 Å². The fraction of sp³-hybridized carbons (Fsp3) is 0.0800. The number of benzene rings is 2. The van der Waals surface area contributed by atoms with Crippen molar-refractivity contribution in [2.24, 2.45) is 0 Å². The van der Waals surface area contributed by atoms with Crippen LogP contribution >= 0.6 is 15.9 Å². The second-order valence-electron chi connectivity index (χ2n) is 7.56. The maximum atomic E-state index is 12.7. The molecule has 1 amide bonds. The summed E-state index contributed by atoms with van der Waals surface area (Å²) in [7, 11) is 0. The molecule has 0 bridgehead atoms. The zero-order valence-electron chi connectivity index (χ0n) is 17.7. The summed E-state index contributed by atoms with van der Waals surface area (Å²) in [5.41, 5.74) is 5.60. The smallest absolute Gasteiger partial charge is 0.230 e. The molecule has 0 fully saturated rings. The molecule has 0 atom stereocenters. The monoisotopic (exact) mass is 498 g/mol. The molecule has 8 heteroatoms. The fourth-order valence-electron chi connectivity index (χ4n) is 3.57. The standard InChI is InChI=1S/C25H19BrN6O/c1-16-3-2-4-24(29-16)32-23(17-5-10-21-22(13-17)28-12-11-27-21)14-20(31-32)15-25(33)30-19-8-6-18(26)7-9-19/h2-14H,15H2,1H3,(H,30,33). The van der Waals surface area contributed by atoms with E-state index in [2.05, 4.69) is 36.2 Å². The summed E-state index contributed by atoms with van der Waals surface area (Å²) in [6.45, 7) is 1.94. The minimum atomic E-state index is -0.143. The van der Waals surface area contributed by atoms with Crippen molar-refractivity contribution in [1.82, 2.24) is 24.7 Å². The predicted octanol–water partition coefficient (Wildman–Crippen LogP) is 5.13. The number of pyridine rings is 1. The van der Waals surface area contributed by atoms with Crippen molar-refractivity contribution in [3.05, 3.63) is 95.0 Å². The van der Waals surface area contributed by atoms with Crippen LogP contribution in [0.2, 0.25) is 0 Å². The van der Waals surface area contributed by atoms with Gasteiger partial charge in [0.2, 0.25) is 5.91 Å². The third kappa shape index (κ3) is 4.65. The molecule has 3 heterocycles. The van der Waals surface area contributed by atoms with Crippen molar-refractivity contribution in [1.29, 1.82) is 0 Å². The Balaban J connectivity index is 1.51. The highest BCUT2D eigenvalue weighted by Crippen LogP contribution is 2.26. The zero-order valence-corrected chi connectivity index (χ0v) is 19.3. The fourth-order valence-corrected chi connectivity index (χ4v) is 3.83. The van der Waals surface area contributed by atoms with Gasteiger partial charge in [-0.05, 0) is 61.5 Å². The first kappa shape index (κ1) is 21.0. The van der Waals surface area contributed by atoms with Gasteiger partial charge in [-0.25, -0.2) is 9.67 Å². The van der Waals surface area contributed by atoms with Gasteiger partial charge in [0.25, 0.3) is 0 Å². The highest BCUT2D eigenvalue weighted by atomic mass is 79.9. The lowest BCUT2D eigenvalue weighted by Crippen LogP contribution is -2.15. The second-order valence-corrected chi connectivity index (χ2v) is 8.48. The lowest BCUT2D eigenvalue weighted by molar-refractivity contribution is -0.115. The number of aromatic nitrogens is 5. The molecule has 0 radical (unpaired) electrons. The quantitative estimate of drug-likeness (QED) is 0.363. The van der Waals surface area contributed by atoms with E-state index in [1.165, 1.54) is 0 Å². The van der Waals surface area contributed by atoms with Gasteiger partial charge in [-0.2, -0.15) is 5.10 Å². The van der Waals surface area contributed by atoms with Crippen LogP contribution in [0.15, 0.2) is 83.6 Å². The van der Waals surface area contributed by atoms with E-state index in [1.807, 2.05) is 73.7 Å². The largest absolute Gasteiger partial charge is 0.326 e. The molecule has 0 unspecified atom stereocenters. The number of rotatable bonds is 5. The summed E-state index contributed by atoms with van der Waals surface area (Å²) >= 11 is 3.40. The molecule has 0 saturated heterocycles. The van der Waals surface area contributed by atoms with Crippen molar-refractivity contribution in [3.63, 3.8) is 0 Å². The number of carbonyl (C=O) groups is 1. The topological polar surface area (TPSA) is 85.6 Å². The van der Waals surface area contributed by atoms with E-state index in [4.69, 9.17) is 5.10 Å². The van der Waals surface area contributed by atoms with E-state index in [0.29, 0.717) is 11.5 Å². The Kier molecular flexibility index (Phi) is 5.66. The van der Waals surface area contributed by atoms with E-state index in [0.717, 1.165) is 38.1 Å². The molecule has 7 nitrogen and oxygen atoms in total. The van der Waals surface area contributed by atoms with Gasteiger partial charge in [-0.3, -0.25) is 14.8 Å². The van der Waals surface area contributed by atoms with Crippen LogP contribution in [-0.4, -0.2) is 30.6 Å². The molecule has 0 aliphatic carbocycles. The van der Waals surface area contributed by atoms with Gasteiger partial charge in [0.15, 0.2) is 5.82 Å². The van der Waals surface area contributed by atoms with Crippen molar-refractivity contribution >= 4 is 38.6 Å². The summed E-state index contributed by atoms with van der Waals surface area (Å²) in [5, 5.41) is 7.64. The number of carbonyl (C=O) groups excluding carboxylic acids is 1. The number of nitrogens with zero attached hydrogens (tertiary/aromatic N) is 5. The number of hydrogen-bond acceptors (Lipinski definition) is 5. The van der Waals surface area contributed by atoms with E-state index in [1.54, 1.807) is 17.1 Å². The minimum Gasteiger partial charge on any atom is -0.326 e. The second kappa shape index (κ2) is 8.91. The lowest BCUT2D eigenvalue weighted by atomic mass is 10.1. The highest BCUT2D eigenvalue weighted by Gasteiger charge is 2.16. The molecule has 0 saturated carbocycles. The number of aryl methyl sites for hydroxylation is 1. The van der Waals surface area contributed by atoms with Gasteiger partial charge in [-0.1, -0.05) is 28.1 Å². The molecule has 2 aromatic carbocycles. The van der Waals surface area contributed by atoms with Gasteiger partial charge < -0.3 is 5.32 Å². The predicted molar refractivity (Wildman–Crippen MR) is 131 cm³/mol. The highest BCUT2D eigenvalue weighted by molar-refractivity contribution is 9.10. The Labute approximate surface area is 198 Å². The molecule has 0 aliphatic heterocycles. The van der Waals surface area contributed by atoms with E-state index in [9.17, 15) is 4.79 Å². The molecule has 3 aromatic heterocycles. The molecule has 0 aliphatic rings. The van der Waals surface area contributed by atoms with E-state index in [-0.39, 0.29) is 12.3 Å². The van der Waals surface area contributed by atoms with Gasteiger partial charge in [0, 0.05) is 33.8 Å². The Hall–Kier alpha value is -3.91. The molecule has 5 rings (SSSR count). The summed E-state index contributed by atoms with van der Waals surface area (Å²) in [5.74, 6) is 0.541. The van der Waals surface area contributed by atoms with E-state index >= 15 is 0 Å². The van der Waals surface area contributed by atoms with Crippen molar-refractivity contribution < 1.29 is 4.79 Å². The first-order chi connectivity index (χ1) is 16.0. The molecule has 33 heavy (non-hydrogen) atoms. The van der Waals surface area contributed by atoms with Crippen LogP contribution in [0.1, 0.15) is 11.4 Å². The zero-order chi connectivity index (χ0) is 22.8. The van der Waals surface area contributed by atoms with Gasteiger partial charge in [-0.15, -0.1) is 0 Å². The summed E-state index contributed by atoms with van der Waals surface area (Å²) in [6, 6.07) is 21.0.